The maximum Gasteiger partial charge on any atom is 0.292 e. The molecule has 0 amide bonds. The molecule has 0 N–H and O–H groups in total. The summed E-state index contributed by atoms with van der Waals surface area (Å²) >= 11 is 0. The highest BCUT2D eigenvalue weighted by molar-refractivity contribution is 8.80. The van der Waals surface area contributed by atoms with Crippen LogP contribution in [0.15, 0.2) is 11.5 Å². The van der Waals surface area contributed by atoms with Crippen molar-refractivity contribution in [3.8, 4) is 0 Å². The van der Waals surface area contributed by atoms with Gasteiger partial charge in [0.25, 0.3) is 5.30 Å². The molecule has 1 atom stereocenters. The second-order valence-corrected chi connectivity index (χ2v) is 4.76. The predicted octanol–water partition coefficient (Wildman–Crippen LogP) is 0.124. The van der Waals surface area contributed by atoms with Crippen LogP contribution in [0.2, 0.25) is 0 Å². The minimum absolute atomic E-state index is 0.637. The van der Waals surface area contributed by atoms with Crippen molar-refractivity contribution in [3.63, 3.8) is 0 Å². The fraction of sp³-hybridized carbons (Fsp3) is 0.250. The standard InChI is InChI=1S/C4H4O2S2/c5-4(6)8-3-1-2-7-8/h1,3H,2H2. The number of carboxylic acid groups (broad SMARTS) is 1. The molecule has 0 fully saturated rings. The molecular formula is C4H4O2S2. The Kier molecular flexibility index (Phi) is 1.85. The monoisotopic (exact) mass is 148 g/mol. The third kappa shape index (κ3) is 1.20. The van der Waals surface area contributed by atoms with E-state index in [1.165, 1.54) is 10.8 Å². The summed E-state index contributed by atoms with van der Waals surface area (Å²) in [7, 11) is 0.768. The maximum absolute atomic E-state index is 10.0. The Morgan fingerprint density at radius 3 is 2.88 bits per heavy atom. The molecule has 0 saturated heterocycles. The van der Waals surface area contributed by atoms with E-state index in [2.05, 4.69) is 0 Å². The average Bonchev–Trinajstić information content (AvgIpc) is 2.12. The van der Waals surface area contributed by atoms with Crippen LogP contribution in [-0.4, -0.2) is 11.1 Å². The third-order valence-electron chi connectivity index (χ3n) is 0.675. The van der Waals surface area contributed by atoms with Gasteiger partial charge in [-0.15, -0.1) is 0 Å². The molecule has 0 spiro atoms. The zero-order chi connectivity index (χ0) is 5.98. The van der Waals surface area contributed by atoms with Gasteiger partial charge in [0.2, 0.25) is 0 Å². The molecule has 0 aromatic carbocycles. The van der Waals surface area contributed by atoms with Gasteiger partial charge in [0.1, 0.15) is 26.1 Å². The lowest BCUT2D eigenvalue weighted by molar-refractivity contribution is -0.232. The molecule has 44 valence electrons. The van der Waals surface area contributed by atoms with Gasteiger partial charge in [-0.1, -0.05) is 0 Å². The van der Waals surface area contributed by atoms with E-state index in [0.717, 1.165) is 5.75 Å². The first-order valence-corrected chi connectivity index (χ1v) is 4.84. The van der Waals surface area contributed by atoms with Crippen molar-refractivity contribution in [2.75, 3.05) is 5.75 Å². The molecule has 1 unspecified atom stereocenters. The molecule has 0 radical (unpaired) electrons. The molecule has 0 bridgehead atoms. The summed E-state index contributed by atoms with van der Waals surface area (Å²) < 4.78 is 0. The van der Waals surface area contributed by atoms with Gasteiger partial charge in [-0.3, -0.25) is 0 Å². The maximum atomic E-state index is 10.0. The second kappa shape index (κ2) is 2.46. The van der Waals surface area contributed by atoms with Gasteiger partial charge in [-0.25, -0.2) is 0 Å². The van der Waals surface area contributed by atoms with E-state index in [4.69, 9.17) is 0 Å². The average molecular weight is 148 g/mol. The quantitative estimate of drug-likeness (QED) is 0.362. The van der Waals surface area contributed by atoms with Crippen LogP contribution >= 0.6 is 10.8 Å². The van der Waals surface area contributed by atoms with Crippen LogP contribution in [0.5, 0.6) is 0 Å². The topological polar surface area (TPSA) is 40.1 Å². The Morgan fingerprint density at radius 2 is 2.62 bits per heavy atom. The predicted molar refractivity (Wildman–Crippen MR) is 34.4 cm³/mol. The van der Waals surface area contributed by atoms with Crippen LogP contribution in [0.25, 0.3) is 0 Å². The Morgan fingerprint density at radius 1 is 1.88 bits per heavy atom. The van der Waals surface area contributed by atoms with Crippen molar-refractivity contribution in [1.29, 1.82) is 0 Å². The summed E-state index contributed by atoms with van der Waals surface area (Å²) in [6.45, 7) is 0. The molecule has 8 heavy (non-hydrogen) atoms. The third-order valence-corrected chi connectivity index (χ3v) is 3.94. The molecule has 1 heterocycles. The van der Waals surface area contributed by atoms with E-state index in [0.29, 0.717) is 0 Å². The first-order valence-electron chi connectivity index (χ1n) is 2.04. The Labute approximate surface area is 53.7 Å². The number of hydrogen-bond acceptors (Lipinski definition) is 3. The Bertz CT molecular complexity index is 132. The fourth-order valence-electron chi connectivity index (χ4n) is 0.382. The molecule has 1 aliphatic heterocycles. The molecule has 4 heteroatoms. The molecular weight excluding hydrogens is 144 g/mol. The van der Waals surface area contributed by atoms with E-state index in [-0.39, 0.29) is 0 Å². The molecule has 0 aromatic heterocycles. The first kappa shape index (κ1) is 6.04. The van der Waals surface area contributed by atoms with Gasteiger partial charge >= 0.3 is 0 Å². The van der Waals surface area contributed by atoms with Crippen molar-refractivity contribution in [2.24, 2.45) is 0 Å². The Balaban J connectivity index is 2.48. The van der Waals surface area contributed by atoms with Gasteiger partial charge in [0.05, 0.1) is 5.75 Å². The van der Waals surface area contributed by atoms with Crippen LogP contribution in [0, 0.1) is 0 Å². The second-order valence-electron chi connectivity index (χ2n) is 1.20. The zero-order valence-corrected chi connectivity index (χ0v) is 5.63. The zero-order valence-electron chi connectivity index (χ0n) is 3.99. The van der Waals surface area contributed by atoms with Crippen molar-refractivity contribution >= 4 is 26.0 Å². The normalized spacial score (nSPS) is 26.2. The SMILES string of the molecule is O=C([O-])[S+]1C=CCS1. The molecule has 1 rings (SSSR count). The summed E-state index contributed by atoms with van der Waals surface area (Å²) in [4.78, 5) is 10.0. The smallest absolute Gasteiger partial charge is 0.292 e. The van der Waals surface area contributed by atoms with Crippen LogP contribution in [-0.2, 0) is 9.93 Å². The van der Waals surface area contributed by atoms with E-state index < -0.39 is 15.2 Å². The lowest BCUT2D eigenvalue weighted by atomic mass is 10.8. The summed E-state index contributed by atoms with van der Waals surface area (Å²) in [6, 6.07) is 0. The van der Waals surface area contributed by atoms with Crippen molar-refractivity contribution in [3.05, 3.63) is 11.5 Å². The molecule has 1 aliphatic rings. The van der Waals surface area contributed by atoms with E-state index in [1.54, 1.807) is 5.41 Å². The van der Waals surface area contributed by atoms with Gasteiger partial charge in [-0.05, 0) is 6.08 Å². The van der Waals surface area contributed by atoms with E-state index in [1.807, 2.05) is 6.08 Å². The lowest BCUT2D eigenvalue weighted by Crippen LogP contribution is -2.25. The van der Waals surface area contributed by atoms with E-state index in [9.17, 15) is 9.90 Å². The van der Waals surface area contributed by atoms with Crippen LogP contribution < -0.4 is 5.11 Å². The van der Waals surface area contributed by atoms with E-state index >= 15 is 0 Å². The van der Waals surface area contributed by atoms with Crippen LogP contribution in [0.3, 0.4) is 0 Å². The summed E-state index contributed by atoms with van der Waals surface area (Å²) in [6.07, 6.45) is 1.85. The van der Waals surface area contributed by atoms with Crippen molar-refractivity contribution in [1.82, 2.24) is 0 Å². The highest BCUT2D eigenvalue weighted by Crippen LogP contribution is 2.23. The minimum atomic E-state index is -0.955. The van der Waals surface area contributed by atoms with Crippen LogP contribution in [0.4, 0.5) is 4.79 Å². The van der Waals surface area contributed by atoms with Gasteiger partial charge < -0.3 is 9.90 Å². The van der Waals surface area contributed by atoms with Gasteiger partial charge in [0.15, 0.2) is 0 Å². The molecule has 2 nitrogen and oxygen atoms in total. The summed E-state index contributed by atoms with van der Waals surface area (Å²) in [5, 5.41) is 10.8. The highest BCUT2D eigenvalue weighted by Gasteiger charge is 2.23. The largest absolute Gasteiger partial charge is 0.503 e. The van der Waals surface area contributed by atoms with Crippen molar-refractivity contribution in [2.45, 2.75) is 0 Å². The molecule has 0 aliphatic carbocycles. The number of hydrogen-bond donors (Lipinski definition) is 0. The van der Waals surface area contributed by atoms with Crippen LogP contribution in [0.1, 0.15) is 0 Å². The summed E-state index contributed by atoms with van der Waals surface area (Å²) in [5.74, 6) is 0.817. The summed E-state index contributed by atoms with van der Waals surface area (Å²) in [5.41, 5.74) is 0. The van der Waals surface area contributed by atoms with Crippen molar-refractivity contribution < 1.29 is 9.90 Å². The first-order chi connectivity index (χ1) is 3.80. The number of carbonyl (C=O) groups excluding carboxylic acids is 1. The number of carbonyl (C=O) groups is 1. The van der Waals surface area contributed by atoms with Gasteiger partial charge in [0, 0.05) is 0 Å². The molecule has 0 saturated carbocycles. The van der Waals surface area contributed by atoms with Gasteiger partial charge in [-0.2, -0.15) is 0 Å². The molecule has 0 aromatic rings. The number of rotatable bonds is 0. The highest BCUT2D eigenvalue weighted by atomic mass is 33.1. The lowest BCUT2D eigenvalue weighted by Gasteiger charge is -1.90. The fourth-order valence-corrected chi connectivity index (χ4v) is 2.82. The Hall–Kier alpha value is -0.0900. The minimum Gasteiger partial charge on any atom is -0.503 e.